The fourth-order valence-corrected chi connectivity index (χ4v) is 4.38. The summed E-state index contributed by atoms with van der Waals surface area (Å²) in [5, 5.41) is 29.0. The third kappa shape index (κ3) is 14.0. The van der Waals surface area contributed by atoms with Crippen LogP contribution in [-0.4, -0.2) is 82.0 Å². The van der Waals surface area contributed by atoms with Crippen LogP contribution in [0.25, 0.3) is 0 Å². The zero-order valence-corrected chi connectivity index (χ0v) is 26.6. The Bertz CT molecular complexity index is 1010. The Morgan fingerprint density at radius 1 is 0.881 bits per heavy atom. The van der Waals surface area contributed by atoms with Gasteiger partial charge in [-0.1, -0.05) is 71.9 Å². The number of urea groups is 1. The summed E-state index contributed by atoms with van der Waals surface area (Å²) in [6.07, 6.45) is -1.23. The van der Waals surface area contributed by atoms with E-state index >= 15 is 0 Å². The molecule has 0 saturated carbocycles. The van der Waals surface area contributed by atoms with Crippen molar-refractivity contribution in [2.24, 2.45) is 17.8 Å². The second-order valence-electron chi connectivity index (χ2n) is 13.0. The van der Waals surface area contributed by atoms with Crippen LogP contribution in [0, 0.1) is 17.8 Å². The lowest BCUT2D eigenvalue weighted by atomic mass is 9.98. The van der Waals surface area contributed by atoms with Crippen molar-refractivity contribution in [3.05, 3.63) is 35.9 Å². The van der Waals surface area contributed by atoms with E-state index in [1.54, 1.807) is 58.9 Å². The molecule has 238 valence electrons. The Morgan fingerprint density at radius 3 is 1.95 bits per heavy atom. The number of hydrogen-bond acceptors (Lipinski definition) is 6. The summed E-state index contributed by atoms with van der Waals surface area (Å²) in [6.45, 7) is 16.7. The van der Waals surface area contributed by atoms with Gasteiger partial charge in [-0.05, 0) is 50.5 Å². The first-order chi connectivity index (χ1) is 19.4. The molecule has 0 saturated heterocycles. The lowest BCUT2D eigenvalue weighted by Gasteiger charge is -2.33. The number of amides is 4. The number of alkyl carbamates (subject to hydrolysis) is 1. The maximum absolute atomic E-state index is 13.5. The van der Waals surface area contributed by atoms with Crippen molar-refractivity contribution in [3.8, 4) is 0 Å². The van der Waals surface area contributed by atoms with Crippen molar-refractivity contribution >= 4 is 24.0 Å². The predicted octanol–water partition coefficient (Wildman–Crippen LogP) is 3.79. The summed E-state index contributed by atoms with van der Waals surface area (Å²) < 4.78 is 5.37. The van der Waals surface area contributed by atoms with Crippen LogP contribution < -0.4 is 16.0 Å². The van der Waals surface area contributed by atoms with Crippen LogP contribution in [0.5, 0.6) is 0 Å². The third-order valence-electron chi connectivity index (χ3n) is 6.30. The Morgan fingerprint density at radius 2 is 1.48 bits per heavy atom. The lowest BCUT2D eigenvalue weighted by molar-refractivity contribution is -0.142. The van der Waals surface area contributed by atoms with Gasteiger partial charge < -0.3 is 35.8 Å². The van der Waals surface area contributed by atoms with Gasteiger partial charge in [0.2, 0.25) is 5.91 Å². The fraction of sp³-hybridized carbons (Fsp3) is 0.677. The zero-order valence-electron chi connectivity index (χ0n) is 26.6. The number of ether oxygens (including phenoxy) is 1. The summed E-state index contributed by atoms with van der Waals surface area (Å²) in [6, 6.07) is 5.51. The maximum Gasteiger partial charge on any atom is 0.407 e. The molecule has 0 aliphatic heterocycles. The van der Waals surface area contributed by atoms with Crippen molar-refractivity contribution in [3.63, 3.8) is 0 Å². The number of hydrogen-bond donors (Lipinski definition) is 5. The van der Waals surface area contributed by atoms with Crippen LogP contribution in [-0.2, 0) is 20.7 Å². The van der Waals surface area contributed by atoms with E-state index in [0.717, 1.165) is 5.56 Å². The number of carboxylic acid groups (broad SMARTS) is 1. The molecule has 5 N–H and O–H groups in total. The SMILES string of the molecule is CC(C)C[C@H](NC(=O)OC(C)(C)C)C(O)CN(CC(C)C)C(=O)N[C@H](C(=O)N[C@@H](Cc1ccccc1)C(=O)O)C(C)C. The average Bonchev–Trinajstić information content (AvgIpc) is 2.84. The van der Waals surface area contributed by atoms with Gasteiger partial charge in [-0.25, -0.2) is 14.4 Å². The average molecular weight is 593 g/mol. The summed E-state index contributed by atoms with van der Waals surface area (Å²) in [5.41, 5.74) is 0.0390. The van der Waals surface area contributed by atoms with Crippen LogP contribution in [0.4, 0.5) is 9.59 Å². The van der Waals surface area contributed by atoms with Gasteiger partial charge in [0, 0.05) is 13.0 Å². The topological polar surface area (TPSA) is 157 Å². The number of benzene rings is 1. The van der Waals surface area contributed by atoms with E-state index < -0.39 is 53.8 Å². The van der Waals surface area contributed by atoms with Gasteiger partial charge >= 0.3 is 18.1 Å². The molecule has 0 bridgehead atoms. The second-order valence-corrected chi connectivity index (χ2v) is 13.0. The molecule has 42 heavy (non-hydrogen) atoms. The molecule has 4 atom stereocenters. The first-order valence-corrected chi connectivity index (χ1v) is 14.7. The minimum atomic E-state index is -1.18. The molecule has 0 aliphatic rings. The highest BCUT2D eigenvalue weighted by Crippen LogP contribution is 2.14. The third-order valence-corrected chi connectivity index (χ3v) is 6.30. The molecule has 0 spiro atoms. The quantitative estimate of drug-likeness (QED) is 0.207. The van der Waals surface area contributed by atoms with Gasteiger partial charge in [-0.3, -0.25) is 4.79 Å². The molecule has 0 aliphatic carbocycles. The Kier molecular flexibility index (Phi) is 14.8. The predicted molar refractivity (Wildman–Crippen MR) is 162 cm³/mol. The van der Waals surface area contributed by atoms with E-state index in [1.807, 2.05) is 33.8 Å². The first-order valence-electron chi connectivity index (χ1n) is 14.7. The molecule has 0 radical (unpaired) electrons. The Hall–Kier alpha value is -3.34. The van der Waals surface area contributed by atoms with Crippen molar-refractivity contribution < 1.29 is 34.1 Å². The number of aliphatic hydroxyl groups is 1. The number of aliphatic carboxylic acids is 1. The number of carbonyl (C=O) groups is 4. The number of carboxylic acids is 1. The molecule has 1 rings (SSSR count). The van der Waals surface area contributed by atoms with Crippen molar-refractivity contribution in [2.45, 2.75) is 105 Å². The van der Waals surface area contributed by atoms with E-state index in [0.29, 0.717) is 6.42 Å². The van der Waals surface area contributed by atoms with E-state index in [9.17, 15) is 29.4 Å². The molecule has 0 aromatic heterocycles. The van der Waals surface area contributed by atoms with Crippen LogP contribution in [0.15, 0.2) is 30.3 Å². The molecular weight excluding hydrogens is 540 g/mol. The van der Waals surface area contributed by atoms with Crippen molar-refractivity contribution in [1.29, 1.82) is 0 Å². The Labute approximate surface area is 250 Å². The van der Waals surface area contributed by atoms with Gasteiger partial charge in [0.15, 0.2) is 0 Å². The van der Waals surface area contributed by atoms with E-state index in [1.165, 1.54) is 4.90 Å². The van der Waals surface area contributed by atoms with Gasteiger partial charge in [0.25, 0.3) is 0 Å². The monoisotopic (exact) mass is 592 g/mol. The fourth-order valence-electron chi connectivity index (χ4n) is 4.38. The first kappa shape index (κ1) is 36.7. The van der Waals surface area contributed by atoms with Crippen LogP contribution in [0.2, 0.25) is 0 Å². The highest BCUT2D eigenvalue weighted by molar-refractivity contribution is 5.90. The molecular formula is C31H52N4O7. The van der Waals surface area contributed by atoms with Crippen molar-refractivity contribution in [2.75, 3.05) is 13.1 Å². The van der Waals surface area contributed by atoms with Gasteiger partial charge in [0.05, 0.1) is 18.7 Å². The van der Waals surface area contributed by atoms with Crippen LogP contribution in [0.3, 0.4) is 0 Å². The maximum atomic E-state index is 13.5. The normalized spacial score (nSPS) is 14.6. The number of aliphatic hydroxyl groups excluding tert-OH is 1. The molecule has 0 fully saturated rings. The molecule has 1 unspecified atom stereocenters. The van der Waals surface area contributed by atoms with E-state index in [4.69, 9.17) is 4.74 Å². The van der Waals surface area contributed by atoms with Crippen molar-refractivity contribution in [1.82, 2.24) is 20.9 Å². The number of rotatable bonds is 15. The smallest absolute Gasteiger partial charge is 0.407 e. The number of nitrogens with one attached hydrogen (secondary N) is 3. The highest BCUT2D eigenvalue weighted by Gasteiger charge is 2.32. The van der Waals surface area contributed by atoms with Gasteiger partial charge in [-0.2, -0.15) is 0 Å². The van der Waals surface area contributed by atoms with E-state index in [-0.39, 0.29) is 37.3 Å². The second kappa shape index (κ2) is 16.9. The van der Waals surface area contributed by atoms with Gasteiger partial charge in [0.1, 0.15) is 17.7 Å². The molecule has 1 aromatic rings. The molecule has 11 nitrogen and oxygen atoms in total. The van der Waals surface area contributed by atoms with Crippen LogP contribution in [0.1, 0.15) is 74.3 Å². The number of nitrogens with zero attached hydrogens (tertiary/aromatic N) is 1. The van der Waals surface area contributed by atoms with E-state index in [2.05, 4.69) is 16.0 Å². The lowest BCUT2D eigenvalue weighted by Crippen LogP contribution is -2.58. The molecule has 11 heteroatoms. The Balaban J connectivity index is 3.07. The molecule has 1 aromatic carbocycles. The van der Waals surface area contributed by atoms with Gasteiger partial charge in [-0.15, -0.1) is 0 Å². The summed E-state index contributed by atoms with van der Waals surface area (Å²) in [5.74, 6) is -1.97. The molecule has 4 amide bonds. The number of carbonyl (C=O) groups excluding carboxylic acids is 3. The molecule has 0 heterocycles. The minimum Gasteiger partial charge on any atom is -0.480 e. The zero-order chi connectivity index (χ0) is 32.2. The largest absolute Gasteiger partial charge is 0.480 e. The standard InChI is InChI=1S/C31H52N4O7/c1-19(2)15-23(33-30(41)42-31(7,8)9)25(36)18-35(17-20(3)4)29(40)34-26(21(5)6)27(37)32-24(28(38)39)16-22-13-11-10-12-14-22/h10-14,19-21,23-26,36H,15-18H2,1-9H3,(H,32,37)(H,33,41)(H,34,40)(H,38,39)/t23-,24-,25?,26-/m0/s1. The summed E-state index contributed by atoms with van der Waals surface area (Å²) >= 11 is 0. The summed E-state index contributed by atoms with van der Waals surface area (Å²) in [4.78, 5) is 52.5. The van der Waals surface area contributed by atoms with Crippen LogP contribution >= 0.6 is 0 Å². The highest BCUT2D eigenvalue weighted by atomic mass is 16.6. The minimum absolute atomic E-state index is 0.0407. The summed E-state index contributed by atoms with van der Waals surface area (Å²) in [7, 11) is 0.